The Morgan fingerprint density at radius 2 is 1.79 bits per heavy atom. The summed E-state index contributed by atoms with van der Waals surface area (Å²) in [6, 6.07) is 4.26. The van der Waals surface area contributed by atoms with Crippen LogP contribution in [0.1, 0.15) is 44.7 Å². The summed E-state index contributed by atoms with van der Waals surface area (Å²) in [7, 11) is 2.90. The van der Waals surface area contributed by atoms with Gasteiger partial charge in [0.2, 0.25) is 0 Å². The van der Waals surface area contributed by atoms with Crippen LogP contribution in [0.2, 0.25) is 0 Å². The minimum Gasteiger partial charge on any atom is -0.508 e. The number of benzene rings is 1. The molecule has 2 heterocycles. The molecule has 4 atom stereocenters. The standard InChI is InChI=1S/C25H27N3O6/c1-12-13(2)22(31)25(3)15(21(12)30)11-16-14(9-10-27-23(32)26(4)24(33)28(16)27)20(25)19-17(29)7-6-8-18(19)34-5/h6-9,15-16,20,29H,10-11H2,1-5H3/t15-,16+,20+,25+/m0/s1. The molecular formula is C25H27N3O6. The zero-order chi connectivity index (χ0) is 24.7. The van der Waals surface area contributed by atoms with Crippen LogP contribution < -0.4 is 16.1 Å². The van der Waals surface area contributed by atoms with E-state index in [-0.39, 0.29) is 30.3 Å². The first-order valence-electron chi connectivity index (χ1n) is 11.3. The molecule has 5 rings (SSSR count). The smallest absolute Gasteiger partial charge is 0.347 e. The van der Waals surface area contributed by atoms with Crippen LogP contribution in [-0.2, 0) is 23.2 Å². The molecule has 0 bridgehead atoms. The summed E-state index contributed by atoms with van der Waals surface area (Å²) in [6.07, 6.45) is 2.05. The van der Waals surface area contributed by atoms with Crippen molar-refractivity contribution in [1.29, 1.82) is 0 Å². The van der Waals surface area contributed by atoms with E-state index in [4.69, 9.17) is 4.74 Å². The summed E-state index contributed by atoms with van der Waals surface area (Å²) in [4.78, 5) is 53.2. The fourth-order valence-corrected chi connectivity index (χ4v) is 6.26. The Labute approximate surface area is 195 Å². The van der Waals surface area contributed by atoms with E-state index in [2.05, 4.69) is 0 Å². The van der Waals surface area contributed by atoms with Crippen molar-refractivity contribution in [3.05, 3.63) is 67.5 Å². The van der Waals surface area contributed by atoms with Gasteiger partial charge in [-0.15, -0.1) is 0 Å². The number of phenolic OH excluding ortho intramolecular Hbond substituents is 1. The van der Waals surface area contributed by atoms with E-state index in [9.17, 15) is 24.3 Å². The molecule has 3 aliphatic rings. The van der Waals surface area contributed by atoms with Crippen molar-refractivity contribution in [2.24, 2.45) is 18.4 Å². The molecule has 0 amide bonds. The third-order valence-corrected chi connectivity index (χ3v) is 8.18. The fraction of sp³-hybridized carbons (Fsp3) is 0.440. The number of aromatic hydroxyl groups is 1. The number of phenols is 1. The summed E-state index contributed by atoms with van der Waals surface area (Å²) in [5.74, 6) is -1.46. The molecule has 1 aromatic carbocycles. The molecule has 1 aliphatic heterocycles. The summed E-state index contributed by atoms with van der Waals surface area (Å²) in [5, 5.41) is 11.0. The number of hydrogen-bond donors (Lipinski definition) is 1. The summed E-state index contributed by atoms with van der Waals surface area (Å²) >= 11 is 0. The normalized spacial score (nSPS) is 28.3. The van der Waals surface area contributed by atoms with Crippen molar-refractivity contribution in [2.45, 2.75) is 45.7 Å². The van der Waals surface area contributed by atoms with Crippen LogP contribution in [-0.4, -0.2) is 37.7 Å². The second-order valence-corrected chi connectivity index (χ2v) is 9.61. The monoisotopic (exact) mass is 465 g/mol. The van der Waals surface area contributed by atoms with Crippen LogP contribution in [0.3, 0.4) is 0 Å². The number of allylic oxidation sites excluding steroid dienone is 4. The molecule has 0 radical (unpaired) electrons. The minimum atomic E-state index is -1.20. The Balaban J connectivity index is 1.86. The van der Waals surface area contributed by atoms with Gasteiger partial charge in [0.05, 0.1) is 25.1 Å². The van der Waals surface area contributed by atoms with Crippen molar-refractivity contribution < 1.29 is 19.4 Å². The Bertz CT molecular complexity index is 1450. The Morgan fingerprint density at radius 3 is 2.47 bits per heavy atom. The first-order valence-corrected chi connectivity index (χ1v) is 11.3. The van der Waals surface area contributed by atoms with Gasteiger partial charge in [0, 0.05) is 24.4 Å². The molecule has 0 unspecified atom stereocenters. The fourth-order valence-electron chi connectivity index (χ4n) is 6.26. The van der Waals surface area contributed by atoms with E-state index in [1.807, 2.05) is 6.08 Å². The molecule has 9 nitrogen and oxygen atoms in total. The Hall–Kier alpha value is -3.62. The quantitative estimate of drug-likeness (QED) is 0.678. The first kappa shape index (κ1) is 22.2. The topological polar surface area (TPSA) is 113 Å². The lowest BCUT2D eigenvalue weighted by molar-refractivity contribution is -0.140. The van der Waals surface area contributed by atoms with Crippen molar-refractivity contribution in [1.82, 2.24) is 13.9 Å². The zero-order valence-electron chi connectivity index (χ0n) is 19.8. The molecule has 34 heavy (non-hydrogen) atoms. The van der Waals surface area contributed by atoms with Gasteiger partial charge in [-0.05, 0) is 49.1 Å². The van der Waals surface area contributed by atoms with Crippen LogP contribution in [0.25, 0.3) is 0 Å². The molecule has 1 N–H and O–H groups in total. The van der Waals surface area contributed by atoms with Gasteiger partial charge >= 0.3 is 11.4 Å². The van der Waals surface area contributed by atoms with Gasteiger partial charge in [0.25, 0.3) is 0 Å². The van der Waals surface area contributed by atoms with Gasteiger partial charge in [-0.3, -0.25) is 9.59 Å². The van der Waals surface area contributed by atoms with Crippen LogP contribution >= 0.6 is 0 Å². The number of aromatic nitrogens is 3. The number of nitrogens with zero attached hydrogens (tertiary/aromatic N) is 3. The maximum atomic E-state index is 13.9. The van der Waals surface area contributed by atoms with E-state index in [1.54, 1.807) is 32.9 Å². The highest BCUT2D eigenvalue weighted by molar-refractivity contribution is 6.15. The van der Waals surface area contributed by atoms with Crippen LogP contribution in [0.4, 0.5) is 0 Å². The van der Waals surface area contributed by atoms with Gasteiger partial charge in [-0.25, -0.2) is 23.5 Å². The van der Waals surface area contributed by atoms with Gasteiger partial charge < -0.3 is 9.84 Å². The van der Waals surface area contributed by atoms with Gasteiger partial charge in [-0.1, -0.05) is 19.1 Å². The largest absolute Gasteiger partial charge is 0.508 e. The van der Waals surface area contributed by atoms with Crippen molar-refractivity contribution in [3.63, 3.8) is 0 Å². The molecule has 178 valence electrons. The number of rotatable bonds is 2. The summed E-state index contributed by atoms with van der Waals surface area (Å²) in [6.45, 7) is 5.24. The third kappa shape index (κ3) is 2.55. The highest BCUT2D eigenvalue weighted by Gasteiger charge is 2.61. The molecular weight excluding hydrogens is 438 g/mol. The molecule has 9 heteroatoms. The maximum Gasteiger partial charge on any atom is 0.347 e. The maximum absolute atomic E-state index is 13.9. The van der Waals surface area contributed by atoms with Gasteiger partial charge in [-0.2, -0.15) is 0 Å². The predicted molar refractivity (Wildman–Crippen MR) is 123 cm³/mol. The second-order valence-electron chi connectivity index (χ2n) is 9.61. The van der Waals surface area contributed by atoms with Crippen molar-refractivity contribution in [2.75, 3.05) is 7.11 Å². The van der Waals surface area contributed by atoms with Gasteiger partial charge in [0.15, 0.2) is 11.6 Å². The SMILES string of the molecule is COc1cccc(O)c1[C@H]1C2=CCn3c(=O)n(C)c(=O)n3[C@@H]2C[C@H]2C(=O)C(C)=C(C)C(=O)[C@@]12C. The first-order chi connectivity index (χ1) is 16.0. The number of methoxy groups -OCH3 is 1. The Morgan fingerprint density at radius 1 is 1.09 bits per heavy atom. The lowest BCUT2D eigenvalue weighted by Crippen LogP contribution is -2.55. The highest BCUT2D eigenvalue weighted by Crippen LogP contribution is 2.62. The molecule has 1 fully saturated rings. The molecule has 2 aromatic rings. The molecule has 1 aromatic heterocycles. The molecule has 0 saturated heterocycles. The summed E-state index contributed by atoms with van der Waals surface area (Å²) < 4.78 is 9.39. The van der Waals surface area contributed by atoms with E-state index >= 15 is 0 Å². The average molecular weight is 466 g/mol. The number of ether oxygens (including phenoxy) is 1. The molecule has 0 spiro atoms. The average Bonchev–Trinajstić information content (AvgIpc) is 3.05. The van der Waals surface area contributed by atoms with E-state index < -0.39 is 34.7 Å². The predicted octanol–water partition coefficient (Wildman–Crippen LogP) is 1.84. The highest BCUT2D eigenvalue weighted by atomic mass is 16.5. The van der Waals surface area contributed by atoms with Crippen LogP contribution in [0, 0.1) is 11.3 Å². The van der Waals surface area contributed by atoms with E-state index in [0.29, 0.717) is 22.5 Å². The molecule has 2 aliphatic carbocycles. The zero-order valence-corrected chi connectivity index (χ0v) is 19.8. The van der Waals surface area contributed by atoms with Crippen LogP contribution in [0.5, 0.6) is 11.5 Å². The lowest BCUT2D eigenvalue weighted by atomic mass is 9.50. The molecule has 1 saturated carbocycles. The van der Waals surface area contributed by atoms with Crippen molar-refractivity contribution >= 4 is 11.6 Å². The van der Waals surface area contributed by atoms with Crippen molar-refractivity contribution in [3.8, 4) is 11.5 Å². The van der Waals surface area contributed by atoms with Crippen LogP contribution in [0.15, 0.2) is 50.6 Å². The lowest BCUT2D eigenvalue weighted by Gasteiger charge is -2.53. The number of carbonyl (C=O) groups is 2. The second kappa shape index (κ2) is 7.19. The summed E-state index contributed by atoms with van der Waals surface area (Å²) in [5.41, 5.74) is -0.172. The number of carbonyl (C=O) groups excluding carboxylic acids is 2. The number of Topliss-reactive ketones (excluding diaryl/α,β-unsaturated/α-hetero) is 2. The van der Waals surface area contributed by atoms with E-state index in [1.165, 1.54) is 29.6 Å². The number of fused-ring (bicyclic) bond motifs is 4. The third-order valence-electron chi connectivity index (χ3n) is 8.18. The Kier molecular flexibility index (Phi) is 4.69. The van der Waals surface area contributed by atoms with Gasteiger partial charge in [0.1, 0.15) is 11.5 Å². The number of ketones is 2. The minimum absolute atomic E-state index is 0.0570. The number of hydrogen-bond acceptors (Lipinski definition) is 6. The van der Waals surface area contributed by atoms with E-state index in [0.717, 1.165) is 10.1 Å².